The number of nitrogens with zero attached hydrogens (tertiary/aromatic N) is 3. The Kier molecular flexibility index (Phi) is 8.75. The van der Waals surface area contributed by atoms with Gasteiger partial charge in [-0.15, -0.1) is 12.4 Å². The predicted molar refractivity (Wildman–Crippen MR) is 147 cm³/mol. The topological polar surface area (TPSA) is 19.0 Å². The Morgan fingerprint density at radius 3 is 2.12 bits per heavy atom. The Labute approximate surface area is 214 Å². The quantitative estimate of drug-likeness (QED) is 0.464. The first-order valence-corrected chi connectivity index (χ1v) is 13.9. The lowest BCUT2D eigenvalue weighted by Gasteiger charge is -2.42. The normalized spacial score (nSPS) is 25.1. The van der Waals surface area contributed by atoms with Gasteiger partial charge in [-0.1, -0.05) is 20.3 Å². The van der Waals surface area contributed by atoms with E-state index in [9.17, 15) is 0 Å². The van der Waals surface area contributed by atoms with Gasteiger partial charge in [0.25, 0.3) is 0 Å². The third-order valence-corrected chi connectivity index (χ3v) is 9.38. The molecule has 34 heavy (non-hydrogen) atoms. The maximum absolute atomic E-state index is 5.62. The largest absolute Gasteiger partial charge is 0.381 e. The maximum Gasteiger partial charge on any atom is 0.0605 e. The van der Waals surface area contributed by atoms with Gasteiger partial charge in [-0.25, -0.2) is 0 Å². The molecule has 0 unspecified atom stereocenters. The van der Waals surface area contributed by atoms with Crippen LogP contribution in [0.3, 0.4) is 0 Å². The zero-order valence-corrected chi connectivity index (χ0v) is 22.8. The highest BCUT2D eigenvalue weighted by Gasteiger charge is 2.31. The smallest absolute Gasteiger partial charge is 0.0605 e. The van der Waals surface area contributed by atoms with Gasteiger partial charge >= 0.3 is 0 Å². The van der Waals surface area contributed by atoms with Crippen LogP contribution in [0.5, 0.6) is 0 Å². The molecule has 2 aliphatic heterocycles. The molecule has 0 amide bonds. The zero-order valence-electron chi connectivity index (χ0n) is 21.9. The van der Waals surface area contributed by atoms with E-state index in [0.717, 1.165) is 37.8 Å². The number of methoxy groups -OCH3 is 1. The van der Waals surface area contributed by atoms with Crippen LogP contribution in [0.15, 0.2) is 18.2 Å². The highest BCUT2D eigenvalue weighted by atomic mass is 35.5. The van der Waals surface area contributed by atoms with Crippen molar-refractivity contribution in [2.75, 3.05) is 62.7 Å². The summed E-state index contributed by atoms with van der Waals surface area (Å²) in [5.74, 6) is 1.71. The number of ether oxygens (including phenoxy) is 1. The summed E-state index contributed by atoms with van der Waals surface area (Å²) in [6.45, 7) is 13.4. The maximum atomic E-state index is 5.62. The fourth-order valence-electron chi connectivity index (χ4n) is 6.63. The van der Waals surface area contributed by atoms with E-state index in [1.54, 1.807) is 11.3 Å². The van der Waals surface area contributed by atoms with Crippen LogP contribution >= 0.6 is 12.4 Å². The van der Waals surface area contributed by atoms with E-state index in [4.69, 9.17) is 4.74 Å². The van der Waals surface area contributed by atoms with E-state index >= 15 is 0 Å². The van der Waals surface area contributed by atoms with Gasteiger partial charge in [0.15, 0.2) is 0 Å². The molecule has 2 saturated heterocycles. The molecule has 0 radical (unpaired) electrons. The fourth-order valence-corrected chi connectivity index (χ4v) is 6.63. The van der Waals surface area contributed by atoms with Crippen molar-refractivity contribution in [2.24, 2.45) is 11.3 Å². The molecular weight excluding hydrogens is 442 g/mol. The summed E-state index contributed by atoms with van der Waals surface area (Å²) in [4.78, 5) is 8.05. The molecular formula is C29H48ClN3O. The van der Waals surface area contributed by atoms with Gasteiger partial charge in [0, 0.05) is 64.3 Å². The summed E-state index contributed by atoms with van der Waals surface area (Å²) in [5.41, 5.74) is 5.14. The summed E-state index contributed by atoms with van der Waals surface area (Å²) >= 11 is 0. The van der Waals surface area contributed by atoms with Gasteiger partial charge in [0.05, 0.1) is 6.10 Å². The first-order chi connectivity index (χ1) is 16.0. The van der Waals surface area contributed by atoms with E-state index in [1.165, 1.54) is 83.4 Å². The minimum atomic E-state index is 0. The molecule has 0 N–H and O–H groups in total. The minimum Gasteiger partial charge on any atom is -0.381 e. The summed E-state index contributed by atoms with van der Waals surface area (Å²) in [7, 11) is 1.86. The van der Waals surface area contributed by atoms with Crippen molar-refractivity contribution in [1.29, 1.82) is 0 Å². The second kappa shape index (κ2) is 11.4. The van der Waals surface area contributed by atoms with Crippen LogP contribution in [-0.4, -0.2) is 63.9 Å². The predicted octanol–water partition coefficient (Wildman–Crippen LogP) is 6.33. The molecule has 0 atom stereocenters. The van der Waals surface area contributed by atoms with Gasteiger partial charge in [0.1, 0.15) is 0 Å². The molecule has 2 saturated carbocycles. The molecule has 0 spiro atoms. The number of piperazine rings is 1. The summed E-state index contributed by atoms with van der Waals surface area (Å²) in [6, 6.07) is 7.49. The average Bonchev–Trinajstić information content (AvgIpc) is 2.82. The first kappa shape index (κ1) is 26.1. The Morgan fingerprint density at radius 2 is 1.53 bits per heavy atom. The van der Waals surface area contributed by atoms with E-state index in [0.29, 0.717) is 11.5 Å². The summed E-state index contributed by atoms with van der Waals surface area (Å²) in [5, 5.41) is 0. The highest BCUT2D eigenvalue weighted by molar-refractivity contribution is 5.85. The Bertz CT molecular complexity index is 770. The van der Waals surface area contributed by atoms with Crippen LogP contribution in [0.1, 0.15) is 83.1 Å². The molecule has 192 valence electrons. The number of rotatable bonds is 6. The van der Waals surface area contributed by atoms with E-state index in [2.05, 4.69) is 46.7 Å². The van der Waals surface area contributed by atoms with Crippen molar-refractivity contribution in [3.8, 4) is 0 Å². The monoisotopic (exact) mass is 489 g/mol. The molecule has 0 aromatic heterocycles. The van der Waals surface area contributed by atoms with Crippen molar-refractivity contribution in [3.05, 3.63) is 23.8 Å². The van der Waals surface area contributed by atoms with Gasteiger partial charge in [-0.05, 0) is 92.4 Å². The SMILES string of the molecule is COC1CCN(c2ccc(N3CCN(CC4CCC4)CC3)c(C3CCC(C)(C)CC3)c2)CC1.Cl. The molecule has 0 bridgehead atoms. The third-order valence-electron chi connectivity index (χ3n) is 9.38. The van der Waals surface area contributed by atoms with Crippen molar-refractivity contribution >= 4 is 23.8 Å². The fraction of sp³-hybridized carbons (Fsp3) is 0.793. The number of halogens is 1. The van der Waals surface area contributed by atoms with Gasteiger partial charge in [-0.3, -0.25) is 4.90 Å². The van der Waals surface area contributed by atoms with Crippen LogP contribution in [0.4, 0.5) is 11.4 Å². The molecule has 1 aromatic carbocycles. The molecule has 5 heteroatoms. The van der Waals surface area contributed by atoms with Gasteiger partial charge < -0.3 is 14.5 Å². The lowest BCUT2D eigenvalue weighted by Crippen LogP contribution is -2.48. The Morgan fingerprint density at radius 1 is 0.853 bits per heavy atom. The molecule has 2 heterocycles. The standard InChI is InChI=1S/C29H47N3O.ClH/c1-29(2)13-9-24(10-14-29)27-21-25(31-15-11-26(33-3)12-16-31)7-8-28(27)32-19-17-30(18-20-32)22-23-5-4-6-23;/h7-8,21,23-24,26H,4-6,9-20,22H2,1-3H3;1H. The van der Waals surface area contributed by atoms with Crippen molar-refractivity contribution in [3.63, 3.8) is 0 Å². The second-order valence-corrected chi connectivity index (χ2v) is 12.2. The summed E-state index contributed by atoms with van der Waals surface area (Å²) < 4.78 is 5.62. The number of benzene rings is 1. The first-order valence-electron chi connectivity index (χ1n) is 13.9. The van der Waals surface area contributed by atoms with Gasteiger partial charge in [0.2, 0.25) is 0 Å². The van der Waals surface area contributed by atoms with Crippen molar-refractivity contribution in [1.82, 2.24) is 4.90 Å². The number of anilines is 2. The number of hydrogen-bond acceptors (Lipinski definition) is 4. The lowest BCUT2D eigenvalue weighted by molar-refractivity contribution is 0.0819. The van der Waals surface area contributed by atoms with E-state index in [-0.39, 0.29) is 12.4 Å². The van der Waals surface area contributed by atoms with E-state index < -0.39 is 0 Å². The van der Waals surface area contributed by atoms with Crippen LogP contribution < -0.4 is 9.80 Å². The van der Waals surface area contributed by atoms with Crippen LogP contribution in [-0.2, 0) is 4.74 Å². The Hall–Kier alpha value is -0.970. The van der Waals surface area contributed by atoms with Crippen molar-refractivity contribution < 1.29 is 4.74 Å². The molecule has 2 aliphatic carbocycles. The Balaban J connectivity index is 0.00000274. The molecule has 4 fully saturated rings. The second-order valence-electron chi connectivity index (χ2n) is 12.2. The molecule has 1 aromatic rings. The van der Waals surface area contributed by atoms with Crippen LogP contribution in [0.2, 0.25) is 0 Å². The van der Waals surface area contributed by atoms with Crippen molar-refractivity contribution in [2.45, 2.75) is 83.7 Å². The molecule has 4 aliphatic rings. The number of hydrogen-bond donors (Lipinski definition) is 0. The number of piperidine rings is 1. The summed E-state index contributed by atoms with van der Waals surface area (Å²) in [6.07, 6.45) is 12.5. The van der Waals surface area contributed by atoms with Crippen LogP contribution in [0, 0.1) is 11.3 Å². The average molecular weight is 490 g/mol. The molecule has 4 nitrogen and oxygen atoms in total. The van der Waals surface area contributed by atoms with Crippen LogP contribution in [0.25, 0.3) is 0 Å². The third kappa shape index (κ3) is 6.05. The zero-order chi connectivity index (χ0) is 22.8. The highest BCUT2D eigenvalue weighted by Crippen LogP contribution is 2.46. The molecule has 5 rings (SSSR count). The lowest BCUT2D eigenvalue weighted by atomic mass is 9.71. The van der Waals surface area contributed by atoms with E-state index in [1.807, 2.05) is 7.11 Å². The minimum absolute atomic E-state index is 0. The van der Waals surface area contributed by atoms with Gasteiger partial charge in [-0.2, -0.15) is 0 Å².